The van der Waals surface area contributed by atoms with Crippen LogP contribution in [0.25, 0.3) is 0 Å². The van der Waals surface area contributed by atoms with E-state index in [0.717, 1.165) is 25.7 Å². The van der Waals surface area contributed by atoms with Crippen molar-refractivity contribution in [2.24, 2.45) is 11.1 Å². The summed E-state index contributed by atoms with van der Waals surface area (Å²) in [6, 6.07) is 10.2. The lowest BCUT2D eigenvalue weighted by Crippen LogP contribution is -2.50. The maximum absolute atomic E-state index is 12.0. The van der Waals surface area contributed by atoms with Gasteiger partial charge in [0, 0.05) is 13.1 Å². The summed E-state index contributed by atoms with van der Waals surface area (Å²) in [5.74, 6) is 0.141. The lowest BCUT2D eigenvalue weighted by atomic mass is 9.68. The highest BCUT2D eigenvalue weighted by Gasteiger charge is 2.42. The summed E-state index contributed by atoms with van der Waals surface area (Å²) in [5, 5.41) is 3.01. The number of nitrogens with two attached hydrogens (primary N) is 1. The van der Waals surface area contributed by atoms with E-state index < -0.39 is 0 Å². The van der Waals surface area contributed by atoms with E-state index in [2.05, 4.69) is 17.4 Å². The van der Waals surface area contributed by atoms with Gasteiger partial charge in [0.25, 0.3) is 0 Å². The Labute approximate surface area is 102 Å². The molecule has 1 aromatic rings. The van der Waals surface area contributed by atoms with Crippen LogP contribution in [-0.2, 0) is 11.2 Å². The van der Waals surface area contributed by atoms with Crippen molar-refractivity contribution in [3.63, 3.8) is 0 Å². The number of carbonyl (C=O) groups is 1. The van der Waals surface area contributed by atoms with Gasteiger partial charge in [-0.15, -0.1) is 0 Å². The molecule has 1 saturated carbocycles. The van der Waals surface area contributed by atoms with E-state index in [1.807, 2.05) is 18.2 Å². The second-order valence-corrected chi connectivity index (χ2v) is 4.83. The van der Waals surface area contributed by atoms with Gasteiger partial charge in [-0.05, 0) is 24.8 Å². The number of carbonyl (C=O) groups excluding carboxylic acids is 1. The topological polar surface area (TPSA) is 55.1 Å². The molecule has 1 aliphatic rings. The molecule has 0 aromatic heterocycles. The van der Waals surface area contributed by atoms with Crippen molar-refractivity contribution in [1.29, 1.82) is 0 Å². The number of hydrogen-bond donors (Lipinski definition) is 2. The highest BCUT2D eigenvalue weighted by atomic mass is 16.2. The summed E-state index contributed by atoms with van der Waals surface area (Å²) < 4.78 is 0. The number of rotatable bonds is 5. The average molecular weight is 232 g/mol. The molecule has 1 amide bonds. The Hall–Kier alpha value is -1.35. The Bertz CT molecular complexity index is 366. The number of amides is 1. The number of hydrogen-bond acceptors (Lipinski definition) is 2. The molecule has 0 atom stereocenters. The fraction of sp³-hybridized carbons (Fsp3) is 0.500. The lowest BCUT2D eigenvalue weighted by Gasteiger charge is -2.39. The zero-order valence-corrected chi connectivity index (χ0v) is 10.1. The summed E-state index contributed by atoms with van der Waals surface area (Å²) in [4.78, 5) is 12.0. The average Bonchev–Trinajstić information content (AvgIpc) is 2.30. The molecular formula is C14H20N2O. The van der Waals surface area contributed by atoms with Gasteiger partial charge in [0.2, 0.25) is 5.91 Å². The van der Waals surface area contributed by atoms with Gasteiger partial charge in [-0.3, -0.25) is 4.79 Å². The molecule has 3 N–H and O–H groups in total. The lowest BCUT2D eigenvalue weighted by molar-refractivity contribution is -0.135. The van der Waals surface area contributed by atoms with Gasteiger partial charge in [0.05, 0.1) is 5.41 Å². The van der Waals surface area contributed by atoms with E-state index in [4.69, 9.17) is 5.73 Å². The summed E-state index contributed by atoms with van der Waals surface area (Å²) in [5.41, 5.74) is 6.69. The highest BCUT2D eigenvalue weighted by Crippen LogP contribution is 2.39. The van der Waals surface area contributed by atoms with Crippen LogP contribution in [0, 0.1) is 5.41 Å². The number of benzene rings is 1. The van der Waals surface area contributed by atoms with Crippen LogP contribution in [0.5, 0.6) is 0 Å². The molecule has 92 valence electrons. The highest BCUT2D eigenvalue weighted by molar-refractivity contribution is 5.83. The van der Waals surface area contributed by atoms with Crippen molar-refractivity contribution >= 4 is 5.91 Å². The van der Waals surface area contributed by atoms with E-state index >= 15 is 0 Å². The van der Waals surface area contributed by atoms with Crippen molar-refractivity contribution < 1.29 is 4.79 Å². The molecule has 0 bridgehead atoms. The quantitative estimate of drug-likeness (QED) is 0.808. The van der Waals surface area contributed by atoms with Crippen LogP contribution in [0.15, 0.2) is 30.3 Å². The minimum Gasteiger partial charge on any atom is -0.355 e. The normalized spacial score (nSPS) is 17.2. The summed E-state index contributed by atoms with van der Waals surface area (Å²) in [7, 11) is 0. The van der Waals surface area contributed by atoms with E-state index in [1.165, 1.54) is 5.56 Å². The largest absolute Gasteiger partial charge is 0.355 e. The van der Waals surface area contributed by atoms with E-state index in [9.17, 15) is 4.79 Å². The van der Waals surface area contributed by atoms with E-state index in [-0.39, 0.29) is 11.3 Å². The molecule has 0 saturated heterocycles. The first-order valence-electron chi connectivity index (χ1n) is 6.29. The Kier molecular flexibility index (Phi) is 3.79. The van der Waals surface area contributed by atoms with Gasteiger partial charge in [0.15, 0.2) is 0 Å². The Morgan fingerprint density at radius 3 is 2.53 bits per heavy atom. The third-order valence-electron chi connectivity index (χ3n) is 3.73. The molecule has 1 fully saturated rings. The van der Waals surface area contributed by atoms with Crippen LogP contribution in [0.3, 0.4) is 0 Å². The minimum atomic E-state index is -0.253. The third-order valence-corrected chi connectivity index (χ3v) is 3.73. The van der Waals surface area contributed by atoms with Gasteiger partial charge >= 0.3 is 0 Å². The molecule has 3 nitrogen and oxygen atoms in total. The molecule has 0 spiro atoms. The zero-order chi connectivity index (χ0) is 12.1. The Morgan fingerprint density at radius 1 is 1.29 bits per heavy atom. The van der Waals surface area contributed by atoms with E-state index in [0.29, 0.717) is 13.1 Å². The van der Waals surface area contributed by atoms with Crippen LogP contribution in [-0.4, -0.2) is 19.0 Å². The summed E-state index contributed by atoms with van der Waals surface area (Å²) >= 11 is 0. The fourth-order valence-electron chi connectivity index (χ4n) is 2.28. The first-order chi connectivity index (χ1) is 8.27. The molecule has 0 unspecified atom stereocenters. The van der Waals surface area contributed by atoms with Crippen LogP contribution in [0.2, 0.25) is 0 Å². The summed E-state index contributed by atoms with van der Waals surface area (Å²) in [6.45, 7) is 1.18. The van der Waals surface area contributed by atoms with Crippen molar-refractivity contribution in [2.45, 2.75) is 25.7 Å². The van der Waals surface area contributed by atoms with Crippen molar-refractivity contribution in [3.05, 3.63) is 35.9 Å². The fourth-order valence-corrected chi connectivity index (χ4v) is 2.28. The SMILES string of the molecule is NCC1(C(=O)NCCc2ccccc2)CCC1. The third kappa shape index (κ3) is 2.67. The van der Waals surface area contributed by atoms with Gasteiger partial charge in [-0.1, -0.05) is 36.8 Å². The second-order valence-electron chi connectivity index (χ2n) is 4.83. The molecule has 0 radical (unpaired) electrons. The van der Waals surface area contributed by atoms with Crippen molar-refractivity contribution in [1.82, 2.24) is 5.32 Å². The van der Waals surface area contributed by atoms with Crippen LogP contribution < -0.4 is 11.1 Å². The maximum atomic E-state index is 12.0. The predicted molar refractivity (Wildman–Crippen MR) is 68.5 cm³/mol. The Morgan fingerprint density at radius 2 is 2.00 bits per heavy atom. The standard InChI is InChI=1S/C14H20N2O/c15-11-14(8-4-9-14)13(17)16-10-7-12-5-2-1-3-6-12/h1-3,5-6H,4,7-11,15H2,(H,16,17). The van der Waals surface area contributed by atoms with Crippen LogP contribution in [0.4, 0.5) is 0 Å². The van der Waals surface area contributed by atoms with Gasteiger partial charge in [-0.2, -0.15) is 0 Å². The molecule has 0 heterocycles. The minimum absolute atomic E-state index is 0.141. The van der Waals surface area contributed by atoms with Gasteiger partial charge < -0.3 is 11.1 Å². The first-order valence-corrected chi connectivity index (χ1v) is 6.29. The van der Waals surface area contributed by atoms with Crippen molar-refractivity contribution in [3.8, 4) is 0 Å². The molecule has 17 heavy (non-hydrogen) atoms. The zero-order valence-electron chi connectivity index (χ0n) is 10.1. The number of nitrogens with one attached hydrogen (secondary N) is 1. The molecule has 1 aliphatic carbocycles. The van der Waals surface area contributed by atoms with E-state index in [1.54, 1.807) is 0 Å². The Balaban J connectivity index is 1.77. The molecule has 0 aliphatic heterocycles. The molecule has 2 rings (SSSR count). The smallest absolute Gasteiger partial charge is 0.227 e. The predicted octanol–water partition coefficient (Wildman–Crippen LogP) is 1.47. The van der Waals surface area contributed by atoms with Crippen molar-refractivity contribution in [2.75, 3.05) is 13.1 Å². The first kappa shape index (κ1) is 12.1. The monoisotopic (exact) mass is 232 g/mol. The second kappa shape index (κ2) is 5.32. The summed E-state index contributed by atoms with van der Waals surface area (Å²) in [6.07, 6.45) is 3.90. The van der Waals surface area contributed by atoms with Gasteiger partial charge in [-0.25, -0.2) is 0 Å². The van der Waals surface area contributed by atoms with Crippen LogP contribution in [0.1, 0.15) is 24.8 Å². The molecular weight excluding hydrogens is 212 g/mol. The molecule has 3 heteroatoms. The van der Waals surface area contributed by atoms with Gasteiger partial charge in [0.1, 0.15) is 0 Å². The maximum Gasteiger partial charge on any atom is 0.227 e. The van der Waals surface area contributed by atoms with Crippen LogP contribution >= 0.6 is 0 Å². The molecule has 1 aromatic carbocycles.